The smallest absolute Gasteiger partial charge is 0.416 e. The van der Waals surface area contributed by atoms with E-state index >= 15 is 0 Å². The highest BCUT2D eigenvalue weighted by Gasteiger charge is 2.31. The molecule has 1 aromatic heterocycles. The minimum Gasteiger partial charge on any atom is -0.478 e. The zero-order valence-corrected chi connectivity index (χ0v) is 23.4. The number of carboxylic acid groups (broad SMARTS) is 1. The molecule has 0 saturated heterocycles. The predicted molar refractivity (Wildman–Crippen MR) is 149 cm³/mol. The minimum absolute atomic E-state index is 0.00783. The summed E-state index contributed by atoms with van der Waals surface area (Å²) in [5.41, 5.74) is 2.11. The number of alkyl halides is 3. The number of aromatic nitrogens is 2. The SMILES string of the molecule is Cc1c(COC(C)(C)C(=O)CCc2ccc(C(=O)O)cc2)nn(-c2ccc(Cl)cc2)c1-c1ccc(C(F)(F)F)cc1. The number of ether oxygens (including phenoxy) is 1. The lowest BCUT2D eigenvalue weighted by atomic mass is 9.96. The number of aryl methyl sites for hydroxylation is 1. The van der Waals surface area contributed by atoms with Crippen LogP contribution in [0.2, 0.25) is 5.02 Å². The summed E-state index contributed by atoms with van der Waals surface area (Å²) < 4.78 is 47.2. The molecule has 4 aromatic rings. The van der Waals surface area contributed by atoms with Crippen LogP contribution in [0.1, 0.15) is 53.0 Å². The molecule has 10 heteroatoms. The molecule has 41 heavy (non-hydrogen) atoms. The van der Waals surface area contributed by atoms with Crippen LogP contribution >= 0.6 is 11.6 Å². The Bertz CT molecular complexity index is 1540. The van der Waals surface area contributed by atoms with Crippen molar-refractivity contribution in [1.29, 1.82) is 0 Å². The normalized spacial score (nSPS) is 12.0. The van der Waals surface area contributed by atoms with Crippen LogP contribution in [0, 0.1) is 6.92 Å². The lowest BCUT2D eigenvalue weighted by molar-refractivity contribution is -0.142. The number of benzene rings is 3. The number of hydrogen-bond acceptors (Lipinski definition) is 4. The summed E-state index contributed by atoms with van der Waals surface area (Å²) in [6.07, 6.45) is -3.84. The quantitative estimate of drug-likeness (QED) is 0.206. The summed E-state index contributed by atoms with van der Waals surface area (Å²) in [6.45, 7) is 5.14. The molecule has 3 aromatic carbocycles. The van der Waals surface area contributed by atoms with Gasteiger partial charge in [-0.2, -0.15) is 18.3 Å². The van der Waals surface area contributed by atoms with E-state index in [-0.39, 0.29) is 24.4 Å². The fourth-order valence-corrected chi connectivity index (χ4v) is 4.43. The molecule has 0 unspecified atom stereocenters. The summed E-state index contributed by atoms with van der Waals surface area (Å²) in [5.74, 6) is -1.16. The van der Waals surface area contributed by atoms with Gasteiger partial charge in [0, 0.05) is 22.6 Å². The van der Waals surface area contributed by atoms with Gasteiger partial charge >= 0.3 is 12.1 Å². The molecule has 0 radical (unpaired) electrons. The second-order valence-electron chi connectivity index (χ2n) is 10.1. The number of rotatable bonds is 10. The number of carboxylic acids is 1. The van der Waals surface area contributed by atoms with Crippen molar-refractivity contribution in [2.24, 2.45) is 0 Å². The fourth-order valence-electron chi connectivity index (χ4n) is 4.31. The molecule has 0 bridgehead atoms. The topological polar surface area (TPSA) is 81.4 Å². The predicted octanol–water partition coefficient (Wildman–Crippen LogP) is 7.72. The molecule has 0 saturated carbocycles. The van der Waals surface area contributed by atoms with E-state index in [0.717, 1.165) is 17.7 Å². The fraction of sp³-hybridized carbons (Fsp3) is 0.258. The highest BCUT2D eigenvalue weighted by atomic mass is 35.5. The van der Waals surface area contributed by atoms with Crippen molar-refractivity contribution in [3.63, 3.8) is 0 Å². The van der Waals surface area contributed by atoms with Gasteiger partial charge in [0.15, 0.2) is 5.78 Å². The molecule has 0 aliphatic carbocycles. The van der Waals surface area contributed by atoms with Crippen LogP contribution in [0.15, 0.2) is 72.8 Å². The Kier molecular flexibility index (Phi) is 8.70. The molecular formula is C31H28ClF3N2O4. The van der Waals surface area contributed by atoms with Gasteiger partial charge in [0.1, 0.15) is 5.60 Å². The number of halogens is 4. The van der Waals surface area contributed by atoms with Crippen molar-refractivity contribution in [2.75, 3.05) is 0 Å². The van der Waals surface area contributed by atoms with Crippen LogP contribution in [-0.4, -0.2) is 32.2 Å². The number of hydrogen-bond donors (Lipinski definition) is 1. The van der Waals surface area contributed by atoms with E-state index in [1.54, 1.807) is 61.9 Å². The van der Waals surface area contributed by atoms with Gasteiger partial charge in [0.05, 0.1) is 34.8 Å². The van der Waals surface area contributed by atoms with Crippen LogP contribution in [0.25, 0.3) is 16.9 Å². The van der Waals surface area contributed by atoms with Crippen molar-refractivity contribution in [1.82, 2.24) is 9.78 Å². The molecule has 0 aliphatic rings. The first kappa shape index (κ1) is 30.0. The molecular weight excluding hydrogens is 557 g/mol. The van der Waals surface area contributed by atoms with Crippen LogP contribution in [0.4, 0.5) is 13.2 Å². The monoisotopic (exact) mass is 584 g/mol. The average Bonchev–Trinajstić information content (AvgIpc) is 3.26. The van der Waals surface area contributed by atoms with E-state index in [1.165, 1.54) is 24.3 Å². The zero-order chi connectivity index (χ0) is 29.9. The summed E-state index contributed by atoms with van der Waals surface area (Å²) >= 11 is 6.05. The lowest BCUT2D eigenvalue weighted by Gasteiger charge is -2.23. The molecule has 1 heterocycles. The maximum absolute atomic E-state index is 13.2. The van der Waals surface area contributed by atoms with Gasteiger partial charge in [-0.1, -0.05) is 35.9 Å². The van der Waals surface area contributed by atoms with Gasteiger partial charge < -0.3 is 9.84 Å². The maximum atomic E-state index is 13.2. The molecule has 0 atom stereocenters. The molecule has 0 aliphatic heterocycles. The van der Waals surface area contributed by atoms with E-state index in [2.05, 4.69) is 0 Å². The van der Waals surface area contributed by atoms with Crippen molar-refractivity contribution in [3.05, 3.63) is 106 Å². The van der Waals surface area contributed by atoms with Crippen molar-refractivity contribution in [3.8, 4) is 16.9 Å². The summed E-state index contributed by atoms with van der Waals surface area (Å²) in [7, 11) is 0. The molecule has 0 fully saturated rings. The van der Waals surface area contributed by atoms with Gasteiger partial charge in [0.25, 0.3) is 0 Å². The van der Waals surface area contributed by atoms with Crippen molar-refractivity contribution in [2.45, 2.75) is 52.0 Å². The van der Waals surface area contributed by atoms with Gasteiger partial charge in [-0.15, -0.1) is 0 Å². The third-order valence-electron chi connectivity index (χ3n) is 6.86. The Balaban J connectivity index is 1.55. The average molecular weight is 585 g/mol. The first-order valence-electron chi connectivity index (χ1n) is 12.8. The Morgan fingerprint density at radius 2 is 1.56 bits per heavy atom. The van der Waals surface area contributed by atoms with Crippen LogP contribution in [0.3, 0.4) is 0 Å². The Morgan fingerprint density at radius 1 is 0.951 bits per heavy atom. The van der Waals surface area contributed by atoms with E-state index in [9.17, 15) is 22.8 Å². The third-order valence-corrected chi connectivity index (χ3v) is 7.11. The first-order chi connectivity index (χ1) is 19.3. The van der Waals surface area contributed by atoms with Gasteiger partial charge in [0.2, 0.25) is 0 Å². The number of nitrogens with zero attached hydrogens (tertiary/aromatic N) is 2. The molecule has 0 amide bonds. The van der Waals surface area contributed by atoms with Crippen LogP contribution in [0.5, 0.6) is 0 Å². The van der Waals surface area contributed by atoms with Gasteiger partial charge in [-0.05, 0) is 81.3 Å². The Morgan fingerprint density at radius 3 is 2.12 bits per heavy atom. The Hall–Kier alpha value is -3.95. The zero-order valence-electron chi connectivity index (χ0n) is 22.6. The number of carbonyl (C=O) groups excluding carboxylic acids is 1. The number of aromatic carboxylic acids is 1. The highest BCUT2D eigenvalue weighted by molar-refractivity contribution is 6.30. The Labute approximate surface area is 240 Å². The summed E-state index contributed by atoms with van der Waals surface area (Å²) in [5, 5.41) is 14.3. The number of ketones is 1. The summed E-state index contributed by atoms with van der Waals surface area (Å²) in [6, 6.07) is 18.1. The molecule has 6 nitrogen and oxygen atoms in total. The van der Waals surface area contributed by atoms with E-state index < -0.39 is 23.3 Å². The number of carbonyl (C=O) groups is 2. The van der Waals surface area contributed by atoms with Crippen molar-refractivity contribution < 1.29 is 32.6 Å². The van der Waals surface area contributed by atoms with Crippen LogP contribution in [-0.2, 0) is 28.7 Å². The van der Waals surface area contributed by atoms with Gasteiger partial charge in [-0.25, -0.2) is 9.48 Å². The van der Waals surface area contributed by atoms with Crippen LogP contribution < -0.4 is 0 Å². The molecule has 0 spiro atoms. The van der Waals surface area contributed by atoms with Crippen molar-refractivity contribution >= 4 is 23.4 Å². The largest absolute Gasteiger partial charge is 0.478 e. The third kappa shape index (κ3) is 7.04. The summed E-state index contributed by atoms with van der Waals surface area (Å²) in [4.78, 5) is 24.1. The highest BCUT2D eigenvalue weighted by Crippen LogP contribution is 2.34. The maximum Gasteiger partial charge on any atom is 0.416 e. The second-order valence-corrected chi connectivity index (χ2v) is 10.5. The standard InChI is InChI=1S/C31H28ClF3N2O4/c1-19-26(18-41-30(2,3)27(38)17-6-20-4-7-22(8-5-20)29(39)40)36-37(25-15-13-24(32)14-16-25)28(19)21-9-11-23(12-10-21)31(33,34)35/h4-5,7-16H,6,17-18H2,1-3H3,(H,39,40). The second kappa shape index (κ2) is 11.9. The van der Waals surface area contributed by atoms with E-state index in [0.29, 0.717) is 39.6 Å². The van der Waals surface area contributed by atoms with Gasteiger partial charge in [-0.3, -0.25) is 4.79 Å². The van der Waals surface area contributed by atoms with E-state index in [4.69, 9.17) is 26.5 Å². The van der Waals surface area contributed by atoms with E-state index in [1.807, 2.05) is 0 Å². The molecule has 4 rings (SSSR count). The number of Topliss-reactive ketones (excluding diaryl/α,β-unsaturated/α-hetero) is 1. The first-order valence-corrected chi connectivity index (χ1v) is 13.2. The molecule has 214 valence electrons. The minimum atomic E-state index is -4.46. The lowest BCUT2D eigenvalue weighted by Crippen LogP contribution is -2.35. The molecule has 1 N–H and O–H groups in total.